The van der Waals surface area contributed by atoms with E-state index in [-0.39, 0.29) is 11.9 Å². The second-order valence-corrected chi connectivity index (χ2v) is 8.79. The second kappa shape index (κ2) is 10.6. The quantitative estimate of drug-likeness (QED) is 0.382. The topological polar surface area (TPSA) is 72.5 Å². The Labute approximate surface area is 205 Å². The Kier molecular flexibility index (Phi) is 6.95. The average Bonchev–Trinajstić information content (AvgIpc) is 3.68. The molecule has 3 heterocycles. The lowest BCUT2D eigenvalue weighted by Crippen LogP contribution is -2.36. The van der Waals surface area contributed by atoms with E-state index in [0.29, 0.717) is 24.3 Å². The van der Waals surface area contributed by atoms with Gasteiger partial charge in [-0.05, 0) is 67.9 Å². The van der Waals surface area contributed by atoms with E-state index in [1.807, 2.05) is 65.5 Å². The molecule has 0 bridgehead atoms. The highest BCUT2D eigenvalue weighted by Crippen LogP contribution is 2.27. The molecule has 2 aromatic carbocycles. The van der Waals surface area contributed by atoms with Crippen LogP contribution in [0.4, 0.5) is 0 Å². The van der Waals surface area contributed by atoms with Gasteiger partial charge in [0.2, 0.25) is 0 Å². The van der Waals surface area contributed by atoms with Crippen molar-refractivity contribution in [3.05, 3.63) is 96.1 Å². The maximum absolute atomic E-state index is 13.5. The van der Waals surface area contributed by atoms with Gasteiger partial charge in [-0.15, -0.1) is 0 Å². The van der Waals surface area contributed by atoms with Gasteiger partial charge in [0.05, 0.1) is 31.5 Å². The van der Waals surface area contributed by atoms with Crippen LogP contribution in [0.3, 0.4) is 0 Å². The van der Waals surface area contributed by atoms with Crippen molar-refractivity contribution in [1.29, 1.82) is 0 Å². The first-order valence-corrected chi connectivity index (χ1v) is 12.0. The van der Waals surface area contributed by atoms with Crippen LogP contribution in [0, 0.1) is 0 Å². The van der Waals surface area contributed by atoms with Crippen LogP contribution >= 0.6 is 0 Å². The Balaban J connectivity index is 1.40. The van der Waals surface area contributed by atoms with Crippen molar-refractivity contribution < 1.29 is 13.9 Å². The first-order valence-electron chi connectivity index (χ1n) is 12.0. The molecule has 0 unspecified atom stereocenters. The summed E-state index contributed by atoms with van der Waals surface area (Å²) >= 11 is 0. The number of benzene rings is 2. The van der Waals surface area contributed by atoms with Crippen LogP contribution < -0.4 is 10.1 Å². The van der Waals surface area contributed by atoms with Crippen LogP contribution in [0.15, 0.2) is 83.6 Å². The number of likely N-dealkylation sites (tertiary alicyclic amines) is 1. The fourth-order valence-corrected chi connectivity index (χ4v) is 4.63. The molecule has 1 aliphatic heterocycles. The number of furan rings is 1. The van der Waals surface area contributed by atoms with E-state index in [9.17, 15) is 4.79 Å². The molecule has 1 atom stereocenters. The summed E-state index contributed by atoms with van der Waals surface area (Å²) in [7, 11) is 1.64. The summed E-state index contributed by atoms with van der Waals surface area (Å²) in [5, 5.41) is 7.95. The predicted octanol–water partition coefficient (Wildman–Crippen LogP) is 4.77. The van der Waals surface area contributed by atoms with Crippen molar-refractivity contribution in [2.45, 2.75) is 25.4 Å². The van der Waals surface area contributed by atoms with Crippen LogP contribution in [0.2, 0.25) is 0 Å². The number of methoxy groups -OCH3 is 1. The summed E-state index contributed by atoms with van der Waals surface area (Å²) in [4.78, 5) is 15.9. The molecule has 0 saturated carbocycles. The first-order chi connectivity index (χ1) is 17.2. The molecule has 4 aromatic rings. The van der Waals surface area contributed by atoms with Crippen molar-refractivity contribution in [2.75, 3.05) is 26.7 Å². The molecule has 1 aliphatic rings. The molecule has 0 aliphatic carbocycles. The lowest BCUT2D eigenvalue weighted by Gasteiger charge is -2.26. The van der Waals surface area contributed by atoms with Gasteiger partial charge >= 0.3 is 0 Å². The standard InChI is InChI=1S/C28H30N4O3/c1-34-23-13-11-22(12-14-23)27-24(20-32(30-27)19-21-8-3-2-4-9-21)28(33)29-18-25(26-10-7-17-35-26)31-15-5-6-16-31/h2-4,7-14,17,20,25H,5-6,15-16,18-19H2,1H3,(H,29,33)/t25-/m1/s1. The van der Waals surface area contributed by atoms with Gasteiger partial charge in [-0.25, -0.2) is 0 Å². The van der Waals surface area contributed by atoms with Crippen LogP contribution in [0.25, 0.3) is 11.3 Å². The Morgan fingerprint density at radius 3 is 2.51 bits per heavy atom. The minimum absolute atomic E-state index is 0.0141. The van der Waals surface area contributed by atoms with E-state index in [2.05, 4.69) is 22.3 Å². The third-order valence-corrected chi connectivity index (χ3v) is 6.47. The predicted molar refractivity (Wildman–Crippen MR) is 134 cm³/mol. The number of carbonyl (C=O) groups is 1. The molecule has 35 heavy (non-hydrogen) atoms. The number of hydrogen-bond donors (Lipinski definition) is 1. The normalized spacial score (nSPS) is 14.7. The maximum Gasteiger partial charge on any atom is 0.255 e. The smallest absolute Gasteiger partial charge is 0.255 e. The first kappa shape index (κ1) is 22.9. The number of nitrogens with zero attached hydrogens (tertiary/aromatic N) is 3. The Bertz CT molecular complexity index is 1230. The molecule has 2 aromatic heterocycles. The van der Waals surface area contributed by atoms with Crippen molar-refractivity contribution in [2.24, 2.45) is 0 Å². The summed E-state index contributed by atoms with van der Waals surface area (Å²) in [6.07, 6.45) is 5.85. The Hall–Kier alpha value is -3.84. The lowest BCUT2D eigenvalue weighted by atomic mass is 10.1. The zero-order chi connectivity index (χ0) is 24.0. The fraction of sp³-hybridized carbons (Fsp3) is 0.286. The van der Waals surface area contributed by atoms with Crippen LogP contribution in [-0.4, -0.2) is 47.3 Å². The van der Waals surface area contributed by atoms with Crippen molar-refractivity contribution in [1.82, 2.24) is 20.0 Å². The summed E-state index contributed by atoms with van der Waals surface area (Å²) in [6, 6.07) is 21.6. The zero-order valence-corrected chi connectivity index (χ0v) is 19.9. The number of hydrogen-bond acceptors (Lipinski definition) is 5. The Morgan fingerprint density at radius 1 is 1.06 bits per heavy atom. The molecule has 5 rings (SSSR count). The summed E-state index contributed by atoms with van der Waals surface area (Å²) in [5.74, 6) is 1.49. The van der Waals surface area contributed by atoms with Gasteiger partial charge in [-0.3, -0.25) is 14.4 Å². The van der Waals surface area contributed by atoms with Gasteiger partial charge in [-0.1, -0.05) is 30.3 Å². The van der Waals surface area contributed by atoms with Gasteiger partial charge in [0.1, 0.15) is 17.2 Å². The number of amides is 1. The SMILES string of the molecule is COc1ccc(-c2nn(Cc3ccccc3)cc2C(=O)NC[C@H](c2ccco2)N2CCCC2)cc1. The molecule has 0 spiro atoms. The monoisotopic (exact) mass is 470 g/mol. The van der Waals surface area contributed by atoms with E-state index in [4.69, 9.17) is 14.3 Å². The van der Waals surface area contributed by atoms with E-state index in [1.54, 1.807) is 13.4 Å². The minimum Gasteiger partial charge on any atom is -0.497 e. The van der Waals surface area contributed by atoms with Gasteiger partial charge in [0.25, 0.3) is 5.91 Å². The fourth-order valence-electron chi connectivity index (χ4n) is 4.63. The zero-order valence-electron chi connectivity index (χ0n) is 19.9. The van der Waals surface area contributed by atoms with Gasteiger partial charge < -0.3 is 14.5 Å². The highest BCUT2D eigenvalue weighted by molar-refractivity contribution is 5.99. The van der Waals surface area contributed by atoms with Crippen LogP contribution in [0.5, 0.6) is 5.75 Å². The van der Waals surface area contributed by atoms with Crippen LogP contribution in [-0.2, 0) is 6.54 Å². The number of carbonyl (C=O) groups excluding carboxylic acids is 1. The molecule has 0 radical (unpaired) electrons. The molecule has 7 heteroatoms. The molecular weight excluding hydrogens is 440 g/mol. The van der Waals surface area contributed by atoms with Gasteiger partial charge in [0, 0.05) is 18.3 Å². The summed E-state index contributed by atoms with van der Waals surface area (Å²) in [6.45, 7) is 3.07. The Morgan fingerprint density at radius 2 is 1.83 bits per heavy atom. The molecule has 1 N–H and O–H groups in total. The van der Waals surface area contributed by atoms with Crippen molar-refractivity contribution in [3.8, 4) is 17.0 Å². The highest BCUT2D eigenvalue weighted by Gasteiger charge is 2.27. The van der Waals surface area contributed by atoms with E-state index < -0.39 is 0 Å². The van der Waals surface area contributed by atoms with E-state index in [0.717, 1.165) is 35.7 Å². The van der Waals surface area contributed by atoms with Crippen LogP contribution in [0.1, 0.15) is 40.6 Å². The molecule has 1 amide bonds. The van der Waals surface area contributed by atoms with E-state index in [1.165, 1.54) is 12.8 Å². The molecule has 1 fully saturated rings. The van der Waals surface area contributed by atoms with Crippen molar-refractivity contribution in [3.63, 3.8) is 0 Å². The lowest BCUT2D eigenvalue weighted by molar-refractivity contribution is 0.0934. The number of aromatic nitrogens is 2. The third-order valence-electron chi connectivity index (χ3n) is 6.47. The maximum atomic E-state index is 13.5. The largest absolute Gasteiger partial charge is 0.497 e. The average molecular weight is 471 g/mol. The number of nitrogens with one attached hydrogen (secondary N) is 1. The molecule has 1 saturated heterocycles. The molecule has 7 nitrogen and oxygen atoms in total. The minimum atomic E-state index is -0.147. The number of ether oxygens (including phenoxy) is 1. The number of rotatable bonds is 9. The summed E-state index contributed by atoms with van der Waals surface area (Å²) in [5.41, 5.74) is 3.18. The van der Waals surface area contributed by atoms with Gasteiger partial charge in [0.15, 0.2) is 0 Å². The third kappa shape index (κ3) is 5.30. The molecule has 180 valence electrons. The van der Waals surface area contributed by atoms with Gasteiger partial charge in [-0.2, -0.15) is 5.10 Å². The second-order valence-electron chi connectivity index (χ2n) is 8.79. The summed E-state index contributed by atoms with van der Waals surface area (Å²) < 4.78 is 12.8. The van der Waals surface area contributed by atoms with Crippen molar-refractivity contribution >= 4 is 5.91 Å². The van der Waals surface area contributed by atoms with E-state index >= 15 is 0 Å². The molecular formula is C28H30N4O3. The highest BCUT2D eigenvalue weighted by atomic mass is 16.5.